The lowest BCUT2D eigenvalue weighted by molar-refractivity contribution is 0.0693. The van der Waals surface area contributed by atoms with E-state index in [1.807, 2.05) is 0 Å². The van der Waals surface area contributed by atoms with Crippen LogP contribution in [0.15, 0.2) is 39.8 Å². The van der Waals surface area contributed by atoms with Gasteiger partial charge >= 0.3 is 5.97 Å². The summed E-state index contributed by atoms with van der Waals surface area (Å²) in [6.45, 7) is 1.41. The fourth-order valence-corrected chi connectivity index (χ4v) is 3.03. The molecule has 0 fully saturated rings. The lowest BCUT2D eigenvalue weighted by Gasteiger charge is -2.10. The standard InChI is InChI=1S/C13H13NO6S/c1-8-5-11(15)10(13(16)17)6-12(8)21(18,19)14-7-9-3-2-4-20-9/h2-6,14-15H,7H2,1H3,(H,16,17). The zero-order chi connectivity index (χ0) is 15.6. The number of hydrogen-bond acceptors (Lipinski definition) is 5. The second-order valence-electron chi connectivity index (χ2n) is 4.34. The van der Waals surface area contributed by atoms with Crippen LogP contribution in [0, 0.1) is 6.92 Å². The van der Waals surface area contributed by atoms with Crippen molar-refractivity contribution in [2.75, 3.05) is 0 Å². The second-order valence-corrected chi connectivity index (χ2v) is 6.08. The van der Waals surface area contributed by atoms with Crippen LogP contribution in [-0.2, 0) is 16.6 Å². The van der Waals surface area contributed by atoms with Gasteiger partial charge in [-0.3, -0.25) is 0 Å². The van der Waals surface area contributed by atoms with Gasteiger partial charge < -0.3 is 14.6 Å². The number of aromatic carboxylic acids is 1. The van der Waals surface area contributed by atoms with Crippen LogP contribution in [0.2, 0.25) is 0 Å². The maximum absolute atomic E-state index is 12.2. The first-order valence-electron chi connectivity index (χ1n) is 5.90. The molecule has 21 heavy (non-hydrogen) atoms. The molecule has 112 valence electrons. The van der Waals surface area contributed by atoms with E-state index in [0.717, 1.165) is 12.1 Å². The van der Waals surface area contributed by atoms with Gasteiger partial charge in [0.25, 0.3) is 0 Å². The van der Waals surface area contributed by atoms with E-state index < -0.39 is 27.3 Å². The molecule has 0 saturated carbocycles. The largest absolute Gasteiger partial charge is 0.507 e. The molecule has 1 aromatic carbocycles. The van der Waals surface area contributed by atoms with Crippen molar-refractivity contribution >= 4 is 16.0 Å². The van der Waals surface area contributed by atoms with E-state index >= 15 is 0 Å². The summed E-state index contributed by atoms with van der Waals surface area (Å²) in [5, 5.41) is 18.5. The van der Waals surface area contributed by atoms with E-state index in [1.54, 1.807) is 12.1 Å². The molecule has 0 radical (unpaired) electrons. The molecular weight excluding hydrogens is 298 g/mol. The second kappa shape index (κ2) is 5.58. The van der Waals surface area contributed by atoms with Crippen LogP contribution in [0.3, 0.4) is 0 Å². The van der Waals surface area contributed by atoms with Gasteiger partial charge in [-0.2, -0.15) is 0 Å². The fourth-order valence-electron chi connectivity index (χ4n) is 1.79. The Labute approximate surface area is 120 Å². The number of furan rings is 1. The van der Waals surface area contributed by atoms with Gasteiger partial charge in [0.2, 0.25) is 10.0 Å². The highest BCUT2D eigenvalue weighted by atomic mass is 32.2. The molecule has 0 bridgehead atoms. The summed E-state index contributed by atoms with van der Waals surface area (Å²) >= 11 is 0. The number of carboxylic acids is 1. The molecule has 2 rings (SSSR count). The van der Waals surface area contributed by atoms with Crippen molar-refractivity contribution in [3.8, 4) is 5.75 Å². The predicted octanol–water partition coefficient (Wildman–Crippen LogP) is 1.47. The van der Waals surface area contributed by atoms with Crippen molar-refractivity contribution in [1.82, 2.24) is 4.72 Å². The van der Waals surface area contributed by atoms with Crippen LogP contribution < -0.4 is 4.72 Å². The molecular formula is C13H13NO6S. The van der Waals surface area contributed by atoms with Crippen molar-refractivity contribution in [2.45, 2.75) is 18.4 Å². The average molecular weight is 311 g/mol. The molecule has 1 aromatic heterocycles. The Morgan fingerprint density at radius 3 is 2.67 bits per heavy atom. The highest BCUT2D eigenvalue weighted by Gasteiger charge is 2.21. The summed E-state index contributed by atoms with van der Waals surface area (Å²) in [7, 11) is -3.92. The Kier molecular flexibility index (Phi) is 4.01. The average Bonchev–Trinajstić information content (AvgIpc) is 2.88. The third-order valence-electron chi connectivity index (χ3n) is 2.83. The molecule has 0 unspecified atom stereocenters. The molecule has 0 saturated heterocycles. The van der Waals surface area contributed by atoms with Crippen molar-refractivity contribution in [2.24, 2.45) is 0 Å². The molecule has 7 nitrogen and oxygen atoms in total. The van der Waals surface area contributed by atoms with E-state index in [1.165, 1.54) is 13.2 Å². The summed E-state index contributed by atoms with van der Waals surface area (Å²) in [4.78, 5) is 10.8. The minimum absolute atomic E-state index is 0.0575. The maximum Gasteiger partial charge on any atom is 0.339 e. The third-order valence-corrected chi connectivity index (χ3v) is 4.37. The highest BCUT2D eigenvalue weighted by Crippen LogP contribution is 2.25. The first-order chi connectivity index (χ1) is 9.81. The monoisotopic (exact) mass is 311 g/mol. The number of aromatic hydroxyl groups is 1. The number of rotatable bonds is 5. The van der Waals surface area contributed by atoms with Gasteiger partial charge in [-0.15, -0.1) is 0 Å². The van der Waals surface area contributed by atoms with Gasteiger partial charge in [-0.1, -0.05) is 0 Å². The molecule has 1 heterocycles. The Morgan fingerprint density at radius 1 is 1.38 bits per heavy atom. The molecule has 0 atom stereocenters. The molecule has 0 aliphatic carbocycles. The van der Waals surface area contributed by atoms with Crippen molar-refractivity contribution < 1.29 is 27.8 Å². The summed E-state index contributed by atoms with van der Waals surface area (Å²) in [5.41, 5.74) is -0.233. The van der Waals surface area contributed by atoms with E-state index in [9.17, 15) is 18.3 Å². The number of hydrogen-bond donors (Lipinski definition) is 3. The van der Waals surface area contributed by atoms with E-state index in [-0.39, 0.29) is 17.0 Å². The molecule has 0 amide bonds. The number of phenols is 1. The molecule has 0 aliphatic heterocycles. The van der Waals surface area contributed by atoms with Gasteiger partial charge in [-0.25, -0.2) is 17.9 Å². The SMILES string of the molecule is Cc1cc(O)c(C(=O)O)cc1S(=O)(=O)NCc1ccco1. The number of carboxylic acid groups (broad SMARTS) is 1. The highest BCUT2D eigenvalue weighted by molar-refractivity contribution is 7.89. The van der Waals surface area contributed by atoms with Crippen molar-refractivity contribution in [1.29, 1.82) is 0 Å². The molecule has 0 aliphatic rings. The summed E-state index contributed by atoms with van der Waals surface area (Å²) in [5.74, 6) is -1.46. The van der Waals surface area contributed by atoms with Gasteiger partial charge in [0.05, 0.1) is 17.7 Å². The minimum Gasteiger partial charge on any atom is -0.507 e. The van der Waals surface area contributed by atoms with Crippen LogP contribution >= 0.6 is 0 Å². The van der Waals surface area contributed by atoms with Crippen LogP contribution in [0.5, 0.6) is 5.75 Å². The quantitative estimate of drug-likeness (QED) is 0.770. The Hall–Kier alpha value is -2.32. The normalized spacial score (nSPS) is 11.5. The van der Waals surface area contributed by atoms with Gasteiger partial charge in [0, 0.05) is 0 Å². The van der Waals surface area contributed by atoms with Gasteiger partial charge in [0.15, 0.2) is 0 Å². The lowest BCUT2D eigenvalue weighted by Crippen LogP contribution is -2.24. The lowest BCUT2D eigenvalue weighted by atomic mass is 10.1. The smallest absolute Gasteiger partial charge is 0.339 e. The Balaban J connectivity index is 2.35. The summed E-state index contributed by atoms with van der Waals surface area (Å²) < 4.78 is 31.7. The molecule has 3 N–H and O–H groups in total. The van der Waals surface area contributed by atoms with Crippen molar-refractivity contribution in [3.05, 3.63) is 47.4 Å². The van der Waals surface area contributed by atoms with Gasteiger partial charge in [0.1, 0.15) is 17.1 Å². The zero-order valence-electron chi connectivity index (χ0n) is 11.0. The number of aryl methyl sites for hydroxylation is 1. The van der Waals surface area contributed by atoms with Crippen LogP contribution in [0.25, 0.3) is 0 Å². The summed E-state index contributed by atoms with van der Waals surface area (Å²) in [6.07, 6.45) is 1.41. The number of nitrogens with one attached hydrogen (secondary N) is 1. The topological polar surface area (TPSA) is 117 Å². The fraction of sp³-hybridized carbons (Fsp3) is 0.154. The van der Waals surface area contributed by atoms with Crippen molar-refractivity contribution in [3.63, 3.8) is 0 Å². The molecule has 2 aromatic rings. The maximum atomic E-state index is 12.2. The Bertz CT molecular complexity index is 764. The van der Waals surface area contributed by atoms with E-state index in [4.69, 9.17) is 9.52 Å². The predicted molar refractivity (Wildman–Crippen MR) is 72.5 cm³/mol. The van der Waals surface area contributed by atoms with Gasteiger partial charge in [-0.05, 0) is 36.8 Å². The zero-order valence-corrected chi connectivity index (χ0v) is 11.8. The molecule has 0 spiro atoms. The Morgan fingerprint density at radius 2 is 2.10 bits per heavy atom. The molecule has 8 heteroatoms. The first kappa shape index (κ1) is 15.1. The van der Waals surface area contributed by atoms with Crippen LogP contribution in [0.4, 0.5) is 0 Å². The number of benzene rings is 1. The number of carbonyl (C=O) groups is 1. The minimum atomic E-state index is -3.92. The van der Waals surface area contributed by atoms with Crippen LogP contribution in [-0.4, -0.2) is 24.6 Å². The summed E-state index contributed by atoms with van der Waals surface area (Å²) in [6, 6.07) is 5.26. The van der Waals surface area contributed by atoms with E-state index in [0.29, 0.717) is 5.76 Å². The number of sulfonamides is 1. The van der Waals surface area contributed by atoms with E-state index in [2.05, 4.69) is 4.72 Å². The third kappa shape index (κ3) is 3.23. The first-order valence-corrected chi connectivity index (χ1v) is 7.38. The van der Waals surface area contributed by atoms with Crippen LogP contribution in [0.1, 0.15) is 21.7 Å².